The van der Waals surface area contributed by atoms with Crippen LogP contribution in [0.3, 0.4) is 0 Å². The van der Waals surface area contributed by atoms with Crippen LogP contribution in [0, 0.1) is 17.6 Å². The summed E-state index contributed by atoms with van der Waals surface area (Å²) in [5.41, 5.74) is 3.76. The molecule has 0 spiro atoms. The van der Waals surface area contributed by atoms with Crippen LogP contribution in [0.4, 0.5) is 0 Å². The maximum atomic E-state index is 5.37. The van der Waals surface area contributed by atoms with E-state index in [1.165, 1.54) is 29.4 Å². The Bertz CT molecular complexity index is 560. The number of para-hydroxylation sites is 1. The molecule has 0 aliphatic heterocycles. The van der Waals surface area contributed by atoms with Crippen LogP contribution in [0.5, 0.6) is 0 Å². The number of hydrogen-bond acceptors (Lipinski definition) is 1. The van der Waals surface area contributed by atoms with Crippen molar-refractivity contribution in [2.75, 3.05) is 0 Å². The SMILES string of the molecule is Cc1cccc2[nH]c(=S)n(CC3CC3)c12. The molecule has 1 fully saturated rings. The highest BCUT2D eigenvalue weighted by Gasteiger charge is 2.23. The van der Waals surface area contributed by atoms with E-state index in [2.05, 4.69) is 34.7 Å². The molecule has 0 saturated heterocycles. The van der Waals surface area contributed by atoms with Gasteiger partial charge in [-0.25, -0.2) is 0 Å². The first-order chi connectivity index (χ1) is 7.25. The highest BCUT2D eigenvalue weighted by atomic mass is 32.1. The number of H-pyrrole nitrogens is 1. The largest absolute Gasteiger partial charge is 0.331 e. The third-order valence-corrected chi connectivity index (χ3v) is 3.45. The average Bonchev–Trinajstić information content (AvgIpc) is 2.93. The minimum atomic E-state index is 0.857. The second kappa shape index (κ2) is 3.20. The summed E-state index contributed by atoms with van der Waals surface area (Å²) in [5, 5.41) is 0. The number of imidazole rings is 1. The van der Waals surface area contributed by atoms with Gasteiger partial charge in [0.25, 0.3) is 0 Å². The van der Waals surface area contributed by atoms with E-state index >= 15 is 0 Å². The van der Waals surface area contributed by atoms with E-state index < -0.39 is 0 Å². The Morgan fingerprint density at radius 1 is 1.47 bits per heavy atom. The number of rotatable bonds is 2. The van der Waals surface area contributed by atoms with Crippen LogP contribution in [0.2, 0.25) is 0 Å². The van der Waals surface area contributed by atoms with Crippen molar-refractivity contribution in [3.63, 3.8) is 0 Å². The zero-order valence-corrected chi connectivity index (χ0v) is 9.60. The van der Waals surface area contributed by atoms with Crippen molar-refractivity contribution < 1.29 is 0 Å². The fourth-order valence-electron chi connectivity index (χ4n) is 2.14. The molecule has 1 aromatic heterocycles. The molecule has 0 unspecified atom stereocenters. The summed E-state index contributed by atoms with van der Waals surface area (Å²) in [6.45, 7) is 3.23. The molecule has 1 N–H and O–H groups in total. The number of benzene rings is 1. The van der Waals surface area contributed by atoms with Gasteiger partial charge in [-0.15, -0.1) is 0 Å². The number of aromatic amines is 1. The van der Waals surface area contributed by atoms with E-state index in [0.29, 0.717) is 0 Å². The van der Waals surface area contributed by atoms with Gasteiger partial charge in [0.05, 0.1) is 11.0 Å². The molecule has 15 heavy (non-hydrogen) atoms. The van der Waals surface area contributed by atoms with Crippen LogP contribution in [-0.4, -0.2) is 9.55 Å². The minimum absolute atomic E-state index is 0.857. The van der Waals surface area contributed by atoms with Gasteiger partial charge in [0.15, 0.2) is 4.77 Å². The Morgan fingerprint density at radius 3 is 3.00 bits per heavy atom. The van der Waals surface area contributed by atoms with Gasteiger partial charge in [-0.05, 0) is 49.5 Å². The predicted molar refractivity (Wildman–Crippen MR) is 64.6 cm³/mol. The quantitative estimate of drug-likeness (QED) is 0.766. The van der Waals surface area contributed by atoms with Gasteiger partial charge in [-0.3, -0.25) is 0 Å². The summed E-state index contributed by atoms with van der Waals surface area (Å²) in [5.74, 6) is 0.857. The molecular weight excluding hydrogens is 204 g/mol. The minimum Gasteiger partial charge on any atom is -0.331 e. The molecule has 1 aliphatic rings. The second-order valence-corrected chi connectivity index (χ2v) is 4.84. The molecule has 2 aromatic rings. The normalized spacial score (nSPS) is 16.1. The van der Waals surface area contributed by atoms with Crippen molar-refractivity contribution >= 4 is 23.3 Å². The van der Waals surface area contributed by atoms with E-state index in [-0.39, 0.29) is 0 Å². The second-order valence-electron chi connectivity index (χ2n) is 4.46. The molecule has 0 atom stereocenters. The Labute approximate surface area is 93.9 Å². The van der Waals surface area contributed by atoms with Crippen LogP contribution >= 0.6 is 12.2 Å². The van der Waals surface area contributed by atoms with Crippen LogP contribution in [0.1, 0.15) is 18.4 Å². The Kier molecular flexibility index (Phi) is 1.96. The van der Waals surface area contributed by atoms with E-state index in [1.54, 1.807) is 0 Å². The van der Waals surface area contributed by atoms with Crippen molar-refractivity contribution in [1.82, 2.24) is 9.55 Å². The lowest BCUT2D eigenvalue weighted by atomic mass is 10.2. The van der Waals surface area contributed by atoms with E-state index in [1.807, 2.05) is 0 Å². The molecule has 1 saturated carbocycles. The highest BCUT2D eigenvalue weighted by Crippen LogP contribution is 2.32. The van der Waals surface area contributed by atoms with Gasteiger partial charge in [0.1, 0.15) is 0 Å². The standard InChI is InChI=1S/C12H14N2S/c1-8-3-2-4-10-11(8)14(12(15)13-10)7-9-5-6-9/h2-4,9H,5-7H2,1H3,(H,13,15). The molecule has 0 amide bonds. The number of hydrogen-bond donors (Lipinski definition) is 1. The molecule has 0 radical (unpaired) electrons. The Morgan fingerprint density at radius 2 is 2.27 bits per heavy atom. The van der Waals surface area contributed by atoms with Gasteiger partial charge in [-0.1, -0.05) is 12.1 Å². The molecule has 78 valence electrons. The summed E-state index contributed by atoms with van der Waals surface area (Å²) in [4.78, 5) is 3.28. The molecule has 3 rings (SSSR count). The lowest BCUT2D eigenvalue weighted by Gasteiger charge is -2.04. The molecule has 1 aliphatic carbocycles. The first kappa shape index (κ1) is 9.16. The predicted octanol–water partition coefficient (Wildman–Crippen LogP) is 3.42. The zero-order chi connectivity index (χ0) is 10.4. The third kappa shape index (κ3) is 1.51. The first-order valence-electron chi connectivity index (χ1n) is 5.44. The highest BCUT2D eigenvalue weighted by molar-refractivity contribution is 7.71. The first-order valence-corrected chi connectivity index (χ1v) is 5.84. The molecule has 1 aromatic carbocycles. The van der Waals surface area contributed by atoms with E-state index in [0.717, 1.165) is 17.2 Å². The van der Waals surface area contributed by atoms with Gasteiger partial charge >= 0.3 is 0 Å². The van der Waals surface area contributed by atoms with Crippen molar-refractivity contribution in [1.29, 1.82) is 0 Å². The van der Waals surface area contributed by atoms with Gasteiger partial charge in [0.2, 0.25) is 0 Å². The van der Waals surface area contributed by atoms with Crippen LogP contribution in [0.15, 0.2) is 18.2 Å². The van der Waals surface area contributed by atoms with Crippen LogP contribution < -0.4 is 0 Å². The van der Waals surface area contributed by atoms with E-state index in [4.69, 9.17) is 12.2 Å². The van der Waals surface area contributed by atoms with Crippen LogP contribution in [-0.2, 0) is 6.54 Å². The Balaban J connectivity index is 2.24. The Hall–Kier alpha value is -1.09. The molecule has 3 heteroatoms. The maximum Gasteiger partial charge on any atom is 0.178 e. The maximum absolute atomic E-state index is 5.37. The summed E-state index contributed by atoms with van der Waals surface area (Å²) in [6.07, 6.45) is 2.72. The molecule has 1 heterocycles. The van der Waals surface area contributed by atoms with Crippen molar-refractivity contribution in [3.05, 3.63) is 28.5 Å². The number of aromatic nitrogens is 2. The van der Waals surface area contributed by atoms with Crippen molar-refractivity contribution in [2.45, 2.75) is 26.3 Å². The van der Waals surface area contributed by atoms with Gasteiger partial charge in [0, 0.05) is 6.54 Å². The lowest BCUT2D eigenvalue weighted by molar-refractivity contribution is 0.634. The smallest absolute Gasteiger partial charge is 0.178 e. The number of nitrogens with zero attached hydrogens (tertiary/aromatic N) is 1. The van der Waals surface area contributed by atoms with Gasteiger partial charge in [-0.2, -0.15) is 0 Å². The average molecular weight is 218 g/mol. The third-order valence-electron chi connectivity index (χ3n) is 3.13. The van der Waals surface area contributed by atoms with Crippen molar-refractivity contribution in [2.24, 2.45) is 5.92 Å². The molecular formula is C12H14N2S. The summed E-state index contributed by atoms with van der Waals surface area (Å²) >= 11 is 5.37. The monoisotopic (exact) mass is 218 g/mol. The van der Waals surface area contributed by atoms with Crippen LogP contribution in [0.25, 0.3) is 11.0 Å². The zero-order valence-electron chi connectivity index (χ0n) is 8.79. The summed E-state index contributed by atoms with van der Waals surface area (Å²) < 4.78 is 3.13. The fourth-order valence-corrected chi connectivity index (χ4v) is 2.41. The number of nitrogens with one attached hydrogen (secondary N) is 1. The fraction of sp³-hybridized carbons (Fsp3) is 0.417. The van der Waals surface area contributed by atoms with Gasteiger partial charge < -0.3 is 9.55 Å². The number of fused-ring (bicyclic) bond motifs is 1. The topological polar surface area (TPSA) is 20.7 Å². The summed E-state index contributed by atoms with van der Waals surface area (Å²) in [6, 6.07) is 6.32. The molecule has 0 bridgehead atoms. The van der Waals surface area contributed by atoms with E-state index in [9.17, 15) is 0 Å². The lowest BCUT2D eigenvalue weighted by Crippen LogP contribution is -2.00. The van der Waals surface area contributed by atoms with Crippen molar-refractivity contribution in [3.8, 4) is 0 Å². The summed E-state index contributed by atoms with van der Waals surface area (Å²) in [7, 11) is 0. The molecule has 2 nitrogen and oxygen atoms in total. The number of aryl methyl sites for hydroxylation is 1.